The standard InChI is InChI=1S/C31H43ClN4O5/c1-18-12-10-14-21(20(18)3)26(27(38)35-25-19(2)13-11-15-22(25)32)36(30(4,5)6)28(39)23(16-17-24(33)37)34-29(40)41-31(7,8)9/h10-15,23,26H,16-17H2,1-9H3,(H2,33,37)(H,34,40)(H,35,38). The second kappa shape index (κ2) is 13.4. The highest BCUT2D eigenvalue weighted by Gasteiger charge is 2.42. The number of para-hydroxylation sites is 1. The normalized spacial score (nSPS) is 13.1. The number of benzene rings is 2. The van der Waals surface area contributed by atoms with Crippen molar-refractivity contribution in [1.29, 1.82) is 0 Å². The predicted octanol–water partition coefficient (Wildman–Crippen LogP) is 5.73. The summed E-state index contributed by atoms with van der Waals surface area (Å²) in [5.74, 6) is -1.68. The molecule has 2 aromatic carbocycles. The van der Waals surface area contributed by atoms with Crippen LogP contribution in [0.25, 0.3) is 0 Å². The molecule has 0 radical (unpaired) electrons. The Labute approximate surface area is 248 Å². The van der Waals surface area contributed by atoms with Gasteiger partial charge in [0, 0.05) is 12.0 Å². The van der Waals surface area contributed by atoms with Crippen molar-refractivity contribution in [2.45, 2.75) is 98.4 Å². The highest BCUT2D eigenvalue weighted by atomic mass is 35.5. The maximum Gasteiger partial charge on any atom is 0.408 e. The quantitative estimate of drug-likeness (QED) is 0.345. The molecular formula is C31H43ClN4O5. The summed E-state index contributed by atoms with van der Waals surface area (Å²) in [4.78, 5) is 54.5. The number of nitrogens with one attached hydrogen (secondary N) is 2. The van der Waals surface area contributed by atoms with E-state index in [0.29, 0.717) is 16.3 Å². The van der Waals surface area contributed by atoms with Gasteiger partial charge in [0.2, 0.25) is 11.8 Å². The third-order valence-electron chi connectivity index (χ3n) is 6.55. The number of hydrogen-bond acceptors (Lipinski definition) is 5. The fraction of sp³-hybridized carbons (Fsp3) is 0.484. The molecule has 0 aromatic heterocycles. The van der Waals surface area contributed by atoms with Crippen LogP contribution in [0.3, 0.4) is 0 Å². The predicted molar refractivity (Wildman–Crippen MR) is 162 cm³/mol. The van der Waals surface area contributed by atoms with Crippen LogP contribution in [0.15, 0.2) is 36.4 Å². The first kappa shape index (κ1) is 33.6. The van der Waals surface area contributed by atoms with Crippen LogP contribution >= 0.6 is 11.6 Å². The smallest absolute Gasteiger partial charge is 0.408 e. The van der Waals surface area contributed by atoms with E-state index in [4.69, 9.17) is 22.1 Å². The summed E-state index contributed by atoms with van der Waals surface area (Å²) in [7, 11) is 0. The van der Waals surface area contributed by atoms with Crippen LogP contribution in [0.5, 0.6) is 0 Å². The highest BCUT2D eigenvalue weighted by Crippen LogP contribution is 2.35. The van der Waals surface area contributed by atoms with Gasteiger partial charge in [-0.1, -0.05) is 41.9 Å². The van der Waals surface area contributed by atoms with E-state index in [9.17, 15) is 19.2 Å². The van der Waals surface area contributed by atoms with E-state index in [1.165, 1.54) is 4.90 Å². The maximum absolute atomic E-state index is 14.4. The summed E-state index contributed by atoms with van der Waals surface area (Å²) in [5.41, 5.74) is 7.24. The van der Waals surface area contributed by atoms with Crippen molar-refractivity contribution in [3.8, 4) is 0 Å². The largest absolute Gasteiger partial charge is 0.444 e. The Balaban J connectivity index is 2.70. The van der Waals surface area contributed by atoms with Crippen LogP contribution in [0.2, 0.25) is 5.02 Å². The number of aryl methyl sites for hydroxylation is 2. The summed E-state index contributed by atoms with van der Waals surface area (Å²) in [6.45, 7) is 16.1. The number of amides is 4. The van der Waals surface area contributed by atoms with E-state index in [0.717, 1.165) is 16.7 Å². The molecule has 0 fully saturated rings. The van der Waals surface area contributed by atoms with E-state index in [1.807, 2.05) is 39.0 Å². The minimum absolute atomic E-state index is 0.0786. The Morgan fingerprint density at radius 1 is 0.951 bits per heavy atom. The number of rotatable bonds is 9. The van der Waals surface area contributed by atoms with Crippen molar-refractivity contribution in [1.82, 2.24) is 10.2 Å². The van der Waals surface area contributed by atoms with Crippen molar-refractivity contribution in [3.05, 3.63) is 63.7 Å². The first-order valence-electron chi connectivity index (χ1n) is 13.6. The summed E-state index contributed by atoms with van der Waals surface area (Å²) in [6, 6.07) is 8.53. The van der Waals surface area contributed by atoms with Crippen LogP contribution in [0.4, 0.5) is 10.5 Å². The minimum atomic E-state index is -1.20. The molecule has 41 heavy (non-hydrogen) atoms. The summed E-state index contributed by atoms with van der Waals surface area (Å²) in [5, 5.41) is 5.91. The van der Waals surface area contributed by atoms with Crippen molar-refractivity contribution < 1.29 is 23.9 Å². The Hall–Kier alpha value is -3.59. The zero-order valence-corrected chi connectivity index (χ0v) is 26.2. The Morgan fingerprint density at radius 2 is 1.54 bits per heavy atom. The molecule has 10 heteroatoms. The maximum atomic E-state index is 14.4. The zero-order valence-electron chi connectivity index (χ0n) is 25.5. The van der Waals surface area contributed by atoms with Crippen molar-refractivity contribution >= 4 is 41.1 Å². The molecule has 0 bridgehead atoms. The van der Waals surface area contributed by atoms with E-state index in [1.54, 1.807) is 59.7 Å². The lowest BCUT2D eigenvalue weighted by molar-refractivity contribution is -0.147. The Bertz CT molecular complexity index is 1280. The van der Waals surface area contributed by atoms with Crippen LogP contribution in [0.1, 0.15) is 82.7 Å². The zero-order chi connectivity index (χ0) is 31.3. The van der Waals surface area contributed by atoms with Crippen LogP contribution in [-0.2, 0) is 19.1 Å². The van der Waals surface area contributed by atoms with E-state index in [2.05, 4.69) is 10.6 Å². The molecule has 224 valence electrons. The number of alkyl carbamates (subject to hydrolysis) is 1. The SMILES string of the molecule is Cc1cccc(C(C(=O)Nc2c(C)cccc2Cl)N(C(=O)C(CCC(N)=O)NC(=O)OC(C)(C)C)C(C)(C)C)c1C. The first-order valence-corrected chi connectivity index (χ1v) is 13.9. The monoisotopic (exact) mass is 586 g/mol. The third-order valence-corrected chi connectivity index (χ3v) is 6.86. The number of hydrogen-bond donors (Lipinski definition) is 3. The molecule has 4 amide bonds. The lowest BCUT2D eigenvalue weighted by Crippen LogP contribution is -2.58. The van der Waals surface area contributed by atoms with Crippen LogP contribution in [-0.4, -0.2) is 45.9 Å². The fourth-order valence-electron chi connectivity index (χ4n) is 4.46. The van der Waals surface area contributed by atoms with Crippen LogP contribution < -0.4 is 16.4 Å². The third kappa shape index (κ3) is 9.21. The molecule has 2 unspecified atom stereocenters. The number of nitrogens with two attached hydrogens (primary N) is 1. The fourth-order valence-corrected chi connectivity index (χ4v) is 4.73. The molecule has 2 atom stereocenters. The van der Waals surface area contributed by atoms with Gasteiger partial charge in [-0.05, 0) is 97.1 Å². The molecule has 0 spiro atoms. The lowest BCUT2D eigenvalue weighted by atomic mass is 9.91. The molecule has 2 rings (SSSR count). The first-order chi connectivity index (χ1) is 18.8. The van der Waals surface area contributed by atoms with Gasteiger partial charge in [0.05, 0.1) is 10.7 Å². The molecule has 0 saturated carbocycles. The van der Waals surface area contributed by atoms with Gasteiger partial charge in [-0.2, -0.15) is 0 Å². The van der Waals surface area contributed by atoms with Gasteiger partial charge in [-0.25, -0.2) is 4.79 Å². The summed E-state index contributed by atoms with van der Waals surface area (Å²) < 4.78 is 5.39. The molecule has 4 N–H and O–H groups in total. The van der Waals surface area contributed by atoms with Gasteiger partial charge in [0.1, 0.15) is 17.7 Å². The minimum Gasteiger partial charge on any atom is -0.444 e. The van der Waals surface area contributed by atoms with Gasteiger partial charge in [0.25, 0.3) is 5.91 Å². The number of ether oxygens (including phenoxy) is 1. The molecule has 0 aliphatic rings. The van der Waals surface area contributed by atoms with Crippen molar-refractivity contribution in [3.63, 3.8) is 0 Å². The molecule has 0 aliphatic heterocycles. The van der Waals surface area contributed by atoms with Gasteiger partial charge in [-0.15, -0.1) is 0 Å². The van der Waals surface area contributed by atoms with E-state index < -0.39 is 47.0 Å². The number of nitrogens with zero attached hydrogens (tertiary/aromatic N) is 1. The molecule has 0 heterocycles. The van der Waals surface area contributed by atoms with Gasteiger partial charge in [-0.3, -0.25) is 14.4 Å². The van der Waals surface area contributed by atoms with Gasteiger partial charge in [0.15, 0.2) is 0 Å². The summed E-state index contributed by atoms with van der Waals surface area (Å²) >= 11 is 6.44. The Morgan fingerprint density at radius 3 is 2.07 bits per heavy atom. The second-order valence-electron chi connectivity index (χ2n) is 12.2. The van der Waals surface area contributed by atoms with Crippen LogP contribution in [0, 0.1) is 20.8 Å². The van der Waals surface area contributed by atoms with Gasteiger partial charge >= 0.3 is 6.09 Å². The average molecular weight is 587 g/mol. The summed E-state index contributed by atoms with van der Waals surface area (Å²) in [6.07, 6.45) is -1.07. The highest BCUT2D eigenvalue weighted by molar-refractivity contribution is 6.34. The van der Waals surface area contributed by atoms with Crippen molar-refractivity contribution in [2.75, 3.05) is 5.32 Å². The molecule has 9 nitrogen and oxygen atoms in total. The number of anilines is 1. The molecule has 0 saturated heterocycles. The number of carbonyl (C=O) groups is 4. The number of halogens is 1. The van der Waals surface area contributed by atoms with E-state index >= 15 is 0 Å². The topological polar surface area (TPSA) is 131 Å². The second-order valence-corrected chi connectivity index (χ2v) is 12.6. The number of primary amides is 1. The molecular weight excluding hydrogens is 544 g/mol. The average Bonchev–Trinajstić information content (AvgIpc) is 2.82. The lowest BCUT2D eigenvalue weighted by Gasteiger charge is -2.43. The molecule has 0 aliphatic carbocycles. The number of carbonyl (C=O) groups excluding carboxylic acids is 4. The van der Waals surface area contributed by atoms with Gasteiger partial charge < -0.3 is 26.0 Å². The Kier molecular flexibility index (Phi) is 11.0. The van der Waals surface area contributed by atoms with E-state index in [-0.39, 0.29) is 12.8 Å². The van der Waals surface area contributed by atoms with Crippen molar-refractivity contribution in [2.24, 2.45) is 5.73 Å². The molecule has 2 aromatic rings.